The molecule has 32 heavy (non-hydrogen) atoms. The molecule has 0 spiro atoms. The number of rotatable bonds is 6. The van der Waals surface area contributed by atoms with Crippen LogP contribution in [0.3, 0.4) is 0 Å². The molecule has 3 aromatic rings. The summed E-state index contributed by atoms with van der Waals surface area (Å²) >= 11 is 0. The standard InChI is InChI=1S/C26H28FN3O2/c1-17-14-28-24(18(2)26(17)31)16-32-25-9-8-23(19(3)29-25)21-10-12-30(13-11-21)15-20-4-6-22(27)7-5-20/h4-10,14H,11-13,15-16H2,1-3H3,(H,28,31). The zero-order valence-corrected chi connectivity index (χ0v) is 18.7. The van der Waals surface area contributed by atoms with Crippen molar-refractivity contribution in [3.8, 4) is 5.88 Å². The van der Waals surface area contributed by atoms with Gasteiger partial charge in [-0.2, -0.15) is 0 Å². The minimum absolute atomic E-state index is 0.0412. The first-order valence-electron chi connectivity index (χ1n) is 10.8. The molecule has 3 heterocycles. The Bertz CT molecular complexity index is 1200. The van der Waals surface area contributed by atoms with E-state index in [2.05, 4.69) is 27.0 Å². The molecule has 0 bridgehead atoms. The van der Waals surface area contributed by atoms with Crippen molar-refractivity contribution < 1.29 is 9.13 Å². The lowest BCUT2D eigenvalue weighted by Gasteiger charge is -2.27. The van der Waals surface area contributed by atoms with E-state index in [0.717, 1.165) is 48.6 Å². The summed E-state index contributed by atoms with van der Waals surface area (Å²) in [4.78, 5) is 22.2. The number of pyridine rings is 2. The Morgan fingerprint density at radius 3 is 2.59 bits per heavy atom. The molecule has 1 aliphatic rings. The molecule has 166 valence electrons. The predicted molar refractivity (Wildman–Crippen MR) is 124 cm³/mol. The third-order valence-electron chi connectivity index (χ3n) is 6.00. The van der Waals surface area contributed by atoms with E-state index in [-0.39, 0.29) is 17.9 Å². The first-order chi connectivity index (χ1) is 15.4. The minimum atomic E-state index is -0.202. The number of halogens is 1. The van der Waals surface area contributed by atoms with Gasteiger partial charge in [0.05, 0.1) is 5.69 Å². The fraction of sp³-hybridized carbons (Fsp3) is 0.308. The lowest BCUT2D eigenvalue weighted by atomic mass is 9.98. The molecule has 1 N–H and O–H groups in total. The number of hydrogen-bond acceptors (Lipinski definition) is 4. The van der Waals surface area contributed by atoms with Crippen LogP contribution in [-0.2, 0) is 13.2 Å². The van der Waals surface area contributed by atoms with Crippen LogP contribution in [0, 0.1) is 26.6 Å². The monoisotopic (exact) mass is 433 g/mol. The van der Waals surface area contributed by atoms with Crippen LogP contribution in [0.25, 0.3) is 5.57 Å². The van der Waals surface area contributed by atoms with Crippen molar-refractivity contribution in [3.63, 3.8) is 0 Å². The van der Waals surface area contributed by atoms with Crippen LogP contribution in [0.5, 0.6) is 5.88 Å². The van der Waals surface area contributed by atoms with Gasteiger partial charge in [-0.3, -0.25) is 9.69 Å². The third kappa shape index (κ3) is 4.97. The van der Waals surface area contributed by atoms with Crippen molar-refractivity contribution in [2.45, 2.75) is 40.3 Å². The Morgan fingerprint density at radius 1 is 1.12 bits per heavy atom. The Hall–Kier alpha value is -3.25. The number of nitrogens with zero attached hydrogens (tertiary/aromatic N) is 2. The van der Waals surface area contributed by atoms with Crippen LogP contribution >= 0.6 is 0 Å². The molecule has 0 radical (unpaired) electrons. The number of benzene rings is 1. The van der Waals surface area contributed by atoms with E-state index in [1.165, 1.54) is 17.7 Å². The number of H-pyrrole nitrogens is 1. The molecule has 6 heteroatoms. The largest absolute Gasteiger partial charge is 0.471 e. The second-order valence-electron chi connectivity index (χ2n) is 8.32. The van der Waals surface area contributed by atoms with Crippen LogP contribution in [0.2, 0.25) is 0 Å². The average molecular weight is 434 g/mol. The van der Waals surface area contributed by atoms with Crippen LogP contribution in [0.15, 0.2) is 53.5 Å². The lowest BCUT2D eigenvalue weighted by Crippen LogP contribution is -2.28. The molecular formula is C26H28FN3O2. The first kappa shape index (κ1) is 22.0. The van der Waals surface area contributed by atoms with E-state index in [9.17, 15) is 9.18 Å². The summed E-state index contributed by atoms with van der Waals surface area (Å²) in [6, 6.07) is 10.7. The van der Waals surface area contributed by atoms with E-state index in [1.807, 2.05) is 25.1 Å². The van der Waals surface area contributed by atoms with E-state index in [1.54, 1.807) is 20.0 Å². The lowest BCUT2D eigenvalue weighted by molar-refractivity contribution is 0.287. The van der Waals surface area contributed by atoms with Gasteiger partial charge in [0.15, 0.2) is 5.43 Å². The van der Waals surface area contributed by atoms with Gasteiger partial charge in [0.25, 0.3) is 0 Å². The zero-order valence-electron chi connectivity index (χ0n) is 18.7. The summed E-state index contributed by atoms with van der Waals surface area (Å²) in [6.45, 7) is 8.48. The predicted octanol–water partition coefficient (Wildman–Crippen LogP) is 4.70. The maximum Gasteiger partial charge on any atom is 0.213 e. The van der Waals surface area contributed by atoms with E-state index in [4.69, 9.17) is 4.74 Å². The summed E-state index contributed by atoms with van der Waals surface area (Å²) in [6.07, 6.45) is 4.90. The minimum Gasteiger partial charge on any atom is -0.471 e. The molecule has 5 nitrogen and oxygen atoms in total. The second-order valence-corrected chi connectivity index (χ2v) is 8.32. The summed E-state index contributed by atoms with van der Waals surface area (Å²) in [5.41, 5.74) is 6.65. The summed E-state index contributed by atoms with van der Waals surface area (Å²) in [5.74, 6) is 0.341. The van der Waals surface area contributed by atoms with Crippen molar-refractivity contribution >= 4 is 5.57 Å². The third-order valence-corrected chi connectivity index (χ3v) is 6.00. The maximum absolute atomic E-state index is 13.1. The molecule has 0 unspecified atom stereocenters. The topological polar surface area (TPSA) is 58.2 Å². The SMILES string of the molecule is Cc1nc(OCc2[nH]cc(C)c(=O)c2C)ccc1C1=CCN(Cc2ccc(F)cc2)CC1. The quantitative estimate of drug-likeness (QED) is 0.612. The number of aromatic nitrogens is 2. The molecule has 2 aromatic heterocycles. The fourth-order valence-electron chi connectivity index (χ4n) is 4.00. The van der Waals surface area contributed by atoms with E-state index < -0.39 is 0 Å². The number of aromatic amines is 1. The molecule has 0 saturated heterocycles. The zero-order chi connectivity index (χ0) is 22.7. The Kier molecular flexibility index (Phi) is 6.51. The first-order valence-corrected chi connectivity index (χ1v) is 10.8. The molecule has 0 atom stereocenters. The highest BCUT2D eigenvalue weighted by atomic mass is 19.1. The number of aryl methyl sites for hydroxylation is 2. The molecule has 0 fully saturated rings. The Balaban J connectivity index is 1.39. The Morgan fingerprint density at radius 2 is 1.91 bits per heavy atom. The fourth-order valence-corrected chi connectivity index (χ4v) is 4.00. The van der Waals surface area contributed by atoms with E-state index in [0.29, 0.717) is 17.0 Å². The Labute approximate surface area is 187 Å². The number of hydrogen-bond donors (Lipinski definition) is 1. The highest BCUT2D eigenvalue weighted by molar-refractivity contribution is 5.68. The number of ether oxygens (including phenoxy) is 1. The molecule has 0 saturated carbocycles. The van der Waals surface area contributed by atoms with Gasteiger partial charge in [0.2, 0.25) is 5.88 Å². The van der Waals surface area contributed by atoms with Crippen LogP contribution in [0.4, 0.5) is 4.39 Å². The van der Waals surface area contributed by atoms with Gasteiger partial charge in [-0.25, -0.2) is 9.37 Å². The molecule has 0 aliphatic carbocycles. The van der Waals surface area contributed by atoms with Gasteiger partial charge in [-0.15, -0.1) is 0 Å². The molecule has 4 rings (SSSR count). The maximum atomic E-state index is 13.1. The van der Waals surface area contributed by atoms with Gasteiger partial charge >= 0.3 is 0 Å². The highest BCUT2D eigenvalue weighted by Crippen LogP contribution is 2.27. The molecule has 1 aliphatic heterocycles. The summed E-state index contributed by atoms with van der Waals surface area (Å²) in [5, 5.41) is 0. The summed E-state index contributed by atoms with van der Waals surface area (Å²) in [7, 11) is 0. The smallest absolute Gasteiger partial charge is 0.213 e. The van der Waals surface area contributed by atoms with Crippen molar-refractivity contribution in [2.24, 2.45) is 0 Å². The van der Waals surface area contributed by atoms with Gasteiger partial charge in [-0.1, -0.05) is 18.2 Å². The van der Waals surface area contributed by atoms with E-state index >= 15 is 0 Å². The second kappa shape index (κ2) is 9.49. The summed E-state index contributed by atoms with van der Waals surface area (Å²) < 4.78 is 18.9. The molecule has 0 amide bonds. The average Bonchev–Trinajstić information content (AvgIpc) is 2.79. The van der Waals surface area contributed by atoms with Crippen LogP contribution in [-0.4, -0.2) is 28.0 Å². The number of nitrogens with one attached hydrogen (secondary N) is 1. The van der Waals surface area contributed by atoms with Crippen molar-refractivity contribution in [2.75, 3.05) is 13.1 Å². The van der Waals surface area contributed by atoms with Gasteiger partial charge in [-0.05, 0) is 62.1 Å². The molecular weight excluding hydrogens is 405 g/mol. The van der Waals surface area contributed by atoms with Gasteiger partial charge in [0, 0.05) is 48.7 Å². The highest BCUT2D eigenvalue weighted by Gasteiger charge is 2.16. The van der Waals surface area contributed by atoms with Crippen LogP contribution in [0.1, 0.15) is 40.1 Å². The van der Waals surface area contributed by atoms with Crippen molar-refractivity contribution in [3.05, 3.63) is 98.4 Å². The van der Waals surface area contributed by atoms with Gasteiger partial charge in [0.1, 0.15) is 12.4 Å². The van der Waals surface area contributed by atoms with Crippen molar-refractivity contribution in [1.29, 1.82) is 0 Å². The van der Waals surface area contributed by atoms with Gasteiger partial charge < -0.3 is 9.72 Å². The van der Waals surface area contributed by atoms with Crippen molar-refractivity contribution in [1.82, 2.24) is 14.9 Å². The van der Waals surface area contributed by atoms with Crippen LogP contribution < -0.4 is 10.2 Å². The molecule has 1 aromatic carbocycles. The normalized spacial score (nSPS) is 14.3.